The van der Waals surface area contributed by atoms with Gasteiger partial charge in [0.1, 0.15) is 0 Å². The van der Waals surface area contributed by atoms with Crippen molar-refractivity contribution in [3.05, 3.63) is 78.1 Å². The molecule has 3 rings (SSSR count). The van der Waals surface area contributed by atoms with Crippen molar-refractivity contribution < 1.29 is 17.0 Å². The van der Waals surface area contributed by atoms with Gasteiger partial charge in [0, 0.05) is 17.7 Å². The van der Waals surface area contributed by atoms with Gasteiger partial charge in [-0.2, -0.15) is 0 Å². The van der Waals surface area contributed by atoms with Crippen LogP contribution in [0.15, 0.2) is 67.0 Å². The molecular weight excluding hydrogens is 302 g/mol. The highest BCUT2D eigenvalue weighted by molar-refractivity contribution is 5.85. The molecule has 1 nitrogen and oxygen atoms in total. The summed E-state index contributed by atoms with van der Waals surface area (Å²) in [5.41, 5.74) is 2.83. The minimum Gasteiger partial charge on any atom is -1.00 e. The second kappa shape index (κ2) is 8.12. The number of aromatic nitrogens is 1. The van der Waals surface area contributed by atoms with Crippen molar-refractivity contribution in [1.29, 1.82) is 0 Å². The van der Waals surface area contributed by atoms with Crippen LogP contribution in [-0.4, -0.2) is 0 Å². The fourth-order valence-electron chi connectivity index (χ4n) is 3.23. The molecule has 0 fully saturated rings. The molecule has 0 saturated heterocycles. The topological polar surface area (TPSA) is 3.88 Å². The van der Waals surface area contributed by atoms with Gasteiger partial charge in [0.05, 0.1) is 0 Å². The van der Waals surface area contributed by atoms with Crippen LogP contribution >= 0.6 is 0 Å². The second-order valence-electron chi connectivity index (χ2n) is 5.96. The summed E-state index contributed by atoms with van der Waals surface area (Å²) in [4.78, 5) is 0. The van der Waals surface area contributed by atoms with Crippen LogP contribution in [0.3, 0.4) is 0 Å². The lowest BCUT2D eigenvalue weighted by Gasteiger charge is -2.11. The Kier molecular flexibility index (Phi) is 6.18. The predicted octanol–water partition coefficient (Wildman–Crippen LogP) is 2.08. The Balaban J connectivity index is 0.00000192. The molecular formula is C21H24ClN. The highest BCUT2D eigenvalue weighted by Crippen LogP contribution is 2.22. The number of benzene rings is 2. The number of hydrogen-bond donors (Lipinski definition) is 0. The van der Waals surface area contributed by atoms with Crippen molar-refractivity contribution in [2.75, 3.05) is 0 Å². The van der Waals surface area contributed by atoms with Gasteiger partial charge >= 0.3 is 0 Å². The molecule has 0 aliphatic rings. The molecule has 0 atom stereocenters. The molecule has 1 heterocycles. The Morgan fingerprint density at radius 1 is 0.826 bits per heavy atom. The fraction of sp³-hybridized carbons (Fsp3) is 0.286. The quantitative estimate of drug-likeness (QED) is 0.632. The van der Waals surface area contributed by atoms with Crippen molar-refractivity contribution in [1.82, 2.24) is 0 Å². The minimum atomic E-state index is 0. The largest absolute Gasteiger partial charge is 1.00 e. The van der Waals surface area contributed by atoms with Crippen molar-refractivity contribution in [2.24, 2.45) is 0 Å². The van der Waals surface area contributed by atoms with E-state index in [0.29, 0.717) is 5.92 Å². The first-order valence-electron chi connectivity index (χ1n) is 8.27. The fourth-order valence-corrected chi connectivity index (χ4v) is 3.23. The minimum absolute atomic E-state index is 0. The van der Waals surface area contributed by atoms with Crippen molar-refractivity contribution >= 4 is 10.8 Å². The van der Waals surface area contributed by atoms with Crippen LogP contribution in [0, 0.1) is 0 Å². The van der Waals surface area contributed by atoms with Gasteiger partial charge < -0.3 is 12.4 Å². The van der Waals surface area contributed by atoms with E-state index in [4.69, 9.17) is 0 Å². The third kappa shape index (κ3) is 3.92. The smallest absolute Gasteiger partial charge is 0.174 e. The van der Waals surface area contributed by atoms with Crippen LogP contribution in [0.2, 0.25) is 0 Å². The number of rotatable bonds is 5. The van der Waals surface area contributed by atoms with Crippen molar-refractivity contribution in [3.63, 3.8) is 0 Å². The molecule has 3 aromatic rings. The lowest BCUT2D eigenvalue weighted by molar-refractivity contribution is -0.688. The molecule has 0 N–H and O–H groups in total. The van der Waals surface area contributed by atoms with Gasteiger partial charge in [0.2, 0.25) is 0 Å². The maximum atomic E-state index is 2.28. The maximum Gasteiger partial charge on any atom is 0.174 e. The molecule has 0 aliphatic carbocycles. The van der Waals surface area contributed by atoms with Crippen LogP contribution in [0.4, 0.5) is 0 Å². The van der Waals surface area contributed by atoms with E-state index in [-0.39, 0.29) is 12.4 Å². The van der Waals surface area contributed by atoms with E-state index in [1.54, 1.807) is 0 Å². The summed E-state index contributed by atoms with van der Waals surface area (Å²) in [6, 6.07) is 19.7. The van der Waals surface area contributed by atoms with Gasteiger partial charge in [-0.25, -0.2) is 4.57 Å². The van der Waals surface area contributed by atoms with Gasteiger partial charge in [0.15, 0.2) is 18.9 Å². The molecule has 0 bridgehead atoms. The third-order valence-electron chi connectivity index (χ3n) is 4.61. The average Bonchev–Trinajstić information content (AvgIpc) is 2.58. The highest BCUT2D eigenvalue weighted by atomic mass is 35.5. The lowest BCUT2D eigenvalue weighted by atomic mass is 9.95. The van der Waals surface area contributed by atoms with E-state index in [1.165, 1.54) is 34.7 Å². The maximum absolute atomic E-state index is 2.28. The number of fused-ring (bicyclic) bond motifs is 1. The first kappa shape index (κ1) is 17.5. The van der Waals surface area contributed by atoms with Gasteiger partial charge in [-0.05, 0) is 35.1 Å². The highest BCUT2D eigenvalue weighted by Gasteiger charge is 2.10. The molecule has 2 aromatic carbocycles. The summed E-state index contributed by atoms with van der Waals surface area (Å²) in [6.07, 6.45) is 6.86. The average molecular weight is 326 g/mol. The SMILES string of the molecule is CCC(CC)c1cc[n+](Cc2cccc3ccccc23)cc1.[Cl-]. The van der Waals surface area contributed by atoms with Crippen LogP contribution in [0.25, 0.3) is 10.8 Å². The summed E-state index contributed by atoms with van der Waals surface area (Å²) in [5.74, 6) is 0.687. The van der Waals surface area contributed by atoms with Crippen LogP contribution in [0.1, 0.15) is 43.7 Å². The van der Waals surface area contributed by atoms with Gasteiger partial charge in [0.25, 0.3) is 0 Å². The molecule has 0 radical (unpaired) electrons. The summed E-state index contributed by atoms with van der Waals surface area (Å²) < 4.78 is 2.27. The summed E-state index contributed by atoms with van der Waals surface area (Å²) in [6.45, 7) is 5.46. The van der Waals surface area contributed by atoms with Crippen LogP contribution < -0.4 is 17.0 Å². The van der Waals surface area contributed by atoms with Crippen LogP contribution in [0.5, 0.6) is 0 Å². The molecule has 0 spiro atoms. The van der Waals surface area contributed by atoms with E-state index in [2.05, 4.69) is 85.4 Å². The monoisotopic (exact) mass is 325 g/mol. The summed E-state index contributed by atoms with van der Waals surface area (Å²) in [5, 5.41) is 2.66. The van der Waals surface area contributed by atoms with Gasteiger partial charge in [-0.1, -0.05) is 56.3 Å². The van der Waals surface area contributed by atoms with Crippen molar-refractivity contribution in [2.45, 2.75) is 39.2 Å². The van der Waals surface area contributed by atoms with E-state index in [1.807, 2.05) is 0 Å². The first-order chi connectivity index (χ1) is 10.8. The lowest BCUT2D eigenvalue weighted by Crippen LogP contribution is -3.00. The Hall–Kier alpha value is -1.86. The first-order valence-corrected chi connectivity index (χ1v) is 8.27. The third-order valence-corrected chi connectivity index (χ3v) is 4.61. The molecule has 2 heteroatoms. The molecule has 1 aromatic heterocycles. The summed E-state index contributed by atoms with van der Waals surface area (Å²) in [7, 11) is 0. The molecule has 0 unspecified atom stereocenters. The van der Waals surface area contributed by atoms with Crippen LogP contribution in [-0.2, 0) is 6.54 Å². The molecule has 23 heavy (non-hydrogen) atoms. The molecule has 0 aliphatic heterocycles. The zero-order valence-electron chi connectivity index (χ0n) is 13.9. The van der Waals surface area contributed by atoms with E-state index >= 15 is 0 Å². The number of nitrogens with zero attached hydrogens (tertiary/aromatic N) is 1. The standard InChI is InChI=1S/C21H24N.ClH/c1-3-17(4-2)18-12-14-22(15-13-18)16-20-10-7-9-19-8-5-6-11-21(19)20;/h5-15,17H,3-4,16H2,1-2H3;1H/q+1;/p-1. The molecule has 0 amide bonds. The number of pyridine rings is 1. The van der Waals surface area contributed by atoms with E-state index in [0.717, 1.165) is 6.54 Å². The zero-order valence-corrected chi connectivity index (χ0v) is 14.6. The Bertz CT molecular complexity index is 740. The Morgan fingerprint density at radius 2 is 1.48 bits per heavy atom. The number of hydrogen-bond acceptors (Lipinski definition) is 0. The predicted molar refractivity (Wildman–Crippen MR) is 93.0 cm³/mol. The second-order valence-corrected chi connectivity index (χ2v) is 5.96. The molecule has 120 valence electrons. The molecule has 0 saturated carbocycles. The number of halogens is 1. The zero-order chi connectivity index (χ0) is 15.4. The van der Waals surface area contributed by atoms with E-state index in [9.17, 15) is 0 Å². The summed E-state index contributed by atoms with van der Waals surface area (Å²) >= 11 is 0. The Labute approximate surface area is 145 Å². The van der Waals surface area contributed by atoms with E-state index < -0.39 is 0 Å². The van der Waals surface area contributed by atoms with Crippen molar-refractivity contribution in [3.8, 4) is 0 Å². The Morgan fingerprint density at radius 3 is 2.17 bits per heavy atom. The van der Waals surface area contributed by atoms with Gasteiger partial charge in [-0.3, -0.25) is 0 Å². The normalized spacial score (nSPS) is 10.7. The van der Waals surface area contributed by atoms with Gasteiger partial charge in [-0.15, -0.1) is 0 Å².